The summed E-state index contributed by atoms with van der Waals surface area (Å²) in [5.41, 5.74) is 9.96. The highest BCUT2D eigenvalue weighted by Crippen LogP contribution is 2.47. The molecule has 0 aliphatic carbocycles. The number of hydrogen-bond donors (Lipinski definition) is 0. The van der Waals surface area contributed by atoms with Crippen LogP contribution < -0.4 is 30.1 Å². The zero-order chi connectivity index (χ0) is 74.8. The van der Waals surface area contributed by atoms with Gasteiger partial charge in [-0.2, -0.15) is 0 Å². The fraction of sp³-hybridized carbons (Fsp3) is 0.100. The van der Waals surface area contributed by atoms with E-state index in [1.807, 2.05) is 131 Å². The normalized spacial score (nSPS) is 15.4. The summed E-state index contributed by atoms with van der Waals surface area (Å²) in [7, 11) is -6.16. The number of benzene rings is 11. The molecule has 414 valence electrons. The fourth-order valence-electron chi connectivity index (χ4n) is 12.3. The van der Waals surface area contributed by atoms with Crippen LogP contribution in [0.4, 0.5) is 0 Å². The van der Waals surface area contributed by atoms with Crippen molar-refractivity contribution in [1.29, 1.82) is 0 Å². The summed E-state index contributed by atoms with van der Waals surface area (Å²) in [4.78, 5) is 4.89. The molecule has 1 aliphatic heterocycles. The molecule has 0 amide bonds. The number of imidazole rings is 1. The second kappa shape index (κ2) is 20.6. The van der Waals surface area contributed by atoms with Gasteiger partial charge in [-0.3, -0.25) is 13.7 Å². The summed E-state index contributed by atoms with van der Waals surface area (Å²) >= 11 is 0. The summed E-state index contributed by atoms with van der Waals surface area (Å²) in [5, 5.41) is -1.52. The largest absolute Gasteiger partial charge is 0.458 e. The number of rotatable bonds is 9. The molecule has 0 saturated carbocycles. The van der Waals surface area contributed by atoms with Crippen molar-refractivity contribution in [3.8, 4) is 73.2 Å². The average Bonchev–Trinajstić information content (AvgIpc) is 1.28. The Balaban J connectivity index is 0.979. The Kier molecular flexibility index (Phi) is 8.58. The molecular weight excluding hydrogens is 1060 g/mol. The van der Waals surface area contributed by atoms with E-state index >= 15 is 0 Å². The lowest BCUT2D eigenvalue weighted by Crippen LogP contribution is -2.74. The Morgan fingerprint density at radius 1 is 0.465 bits per heavy atom. The van der Waals surface area contributed by atoms with Gasteiger partial charge in [-0.1, -0.05) is 253 Å². The monoisotopic (exact) mass is 1140 g/mol. The Labute approximate surface area is 531 Å². The van der Waals surface area contributed by atoms with Gasteiger partial charge in [0.05, 0.1) is 59.5 Å². The number of aromatic nitrogens is 4. The highest BCUT2D eigenvalue weighted by Gasteiger charge is 2.41. The molecule has 0 bridgehead atoms. The second-order valence-corrected chi connectivity index (χ2v) is 27.0. The third kappa shape index (κ3) is 8.73. The Hall–Kier alpha value is -10.1. The van der Waals surface area contributed by atoms with Gasteiger partial charge < -0.3 is 4.74 Å². The summed E-state index contributed by atoms with van der Waals surface area (Å²) in [6.07, 6.45) is 5.66. The molecule has 11 aromatic carbocycles. The summed E-state index contributed by atoms with van der Waals surface area (Å²) in [5.74, 6) is 1.91. The van der Waals surface area contributed by atoms with Crippen LogP contribution in [0.3, 0.4) is 0 Å². The number of para-hydroxylation sites is 3. The third-order valence-corrected chi connectivity index (χ3v) is 20.3. The van der Waals surface area contributed by atoms with E-state index in [1.165, 1.54) is 0 Å². The van der Waals surface area contributed by atoms with Gasteiger partial charge in [0.25, 0.3) is 6.33 Å². The molecule has 0 unspecified atom stereocenters. The van der Waals surface area contributed by atoms with Crippen LogP contribution >= 0.6 is 0 Å². The van der Waals surface area contributed by atoms with Crippen LogP contribution in [0, 0.1) is 6.33 Å². The molecule has 0 radical (unpaired) electrons. The fourth-order valence-corrected chi connectivity index (χ4v) is 15.8. The van der Waals surface area contributed by atoms with Crippen LogP contribution in [0.15, 0.2) is 279 Å². The molecule has 0 atom stereocenters. The van der Waals surface area contributed by atoms with Crippen LogP contribution in [0.5, 0.6) is 11.5 Å². The van der Waals surface area contributed by atoms with Crippen molar-refractivity contribution < 1.29 is 35.3 Å². The first-order chi connectivity index (χ1) is 49.8. The highest BCUT2D eigenvalue weighted by molar-refractivity contribution is 7.19. The van der Waals surface area contributed by atoms with E-state index in [-0.39, 0.29) is 11.0 Å². The predicted octanol–water partition coefficient (Wildman–Crippen LogP) is 16.9. The van der Waals surface area contributed by atoms with Gasteiger partial charge >= 0.3 is 0 Å². The van der Waals surface area contributed by atoms with E-state index in [9.17, 15) is 13.7 Å². The lowest BCUT2D eigenvalue weighted by molar-refractivity contribution is -0.572. The number of nitrogens with zero attached hydrogens (tertiary/aromatic N) is 4. The molecule has 0 N–H and O–H groups in total. The van der Waals surface area contributed by atoms with Crippen molar-refractivity contribution in [2.45, 2.75) is 52.4 Å². The van der Waals surface area contributed by atoms with Crippen LogP contribution in [0.1, 0.15) is 78.7 Å². The van der Waals surface area contributed by atoms with Crippen molar-refractivity contribution in [3.05, 3.63) is 296 Å². The van der Waals surface area contributed by atoms with E-state index < -0.39 is 155 Å². The van der Waals surface area contributed by atoms with Crippen LogP contribution in [0.25, 0.3) is 94.5 Å². The molecule has 0 spiro atoms. The van der Waals surface area contributed by atoms with Crippen LogP contribution in [0.2, 0.25) is 0 Å². The van der Waals surface area contributed by atoms with Crippen molar-refractivity contribution in [1.82, 2.24) is 14.1 Å². The van der Waals surface area contributed by atoms with Crippen molar-refractivity contribution in [2.75, 3.05) is 0 Å². The molecular formula is C80H64N4OSi. The Morgan fingerprint density at radius 2 is 1.07 bits per heavy atom. The SMILES string of the molecule is [2H]c1c([2H])c([2H])c([Si](c2c([2H])c([2H])c([2H])c([2H])c2[2H])(c2c([2H])c([2H])c([2H])c([2H])c2[2H])c2c([2H])c([2H])c([2H])c(-c3ccc4c(c3)-c3cccc(C(C)(C)C)c3-[n+]3[c-]n(-c5cccc(Oc6ccc7c8ccccc8n(-c8cc(C(C)(C)C)ccn8)c7c6)c5)c5cccc(c53)-c3ccccc3-4)c2[2H])c([2H])c1[2H]. The maximum Gasteiger partial charge on any atom is 0.269 e. The van der Waals surface area contributed by atoms with Gasteiger partial charge in [-0.25, -0.2) is 4.98 Å². The van der Waals surface area contributed by atoms with Crippen LogP contribution in [-0.4, -0.2) is 22.2 Å². The standard InChI is InChI=1S/C80H64N4OSi/c1-79(2,3)56-46-47-81-76(50-56)84-73-40-19-18-36-67(73)68-45-43-59(52-75(68)84)85-58-26-21-25-57(51-58)82-53-83-77-70(37-22-39-72(77)80(4,5)6)71-49-55(42-44-66(71)64-34-16-17-35-65(64)69-38-23-41-74(82)78(69)83)54-24-20-33-63(48-54)86(60-27-10-7-11-28-60,61-29-12-8-13-30-61)62-31-14-9-15-32-62/h7-52H,1-6H3/i7D,8D,9D,10D,11D,12D,13D,14D,15D,20D,24D,27D,28D,29D,30D,31D,32D,33D,48D. The Bertz CT molecular complexity index is 5880. The molecule has 15 rings (SSSR count). The zero-order valence-corrected chi connectivity index (χ0v) is 48.8. The van der Waals surface area contributed by atoms with Gasteiger partial charge in [0.1, 0.15) is 17.3 Å². The molecule has 6 heteroatoms. The Morgan fingerprint density at radius 3 is 1.79 bits per heavy atom. The number of fused-ring (bicyclic) bond motifs is 10. The molecule has 86 heavy (non-hydrogen) atoms. The molecule has 0 saturated heterocycles. The topological polar surface area (TPSA) is 35.9 Å². The van der Waals surface area contributed by atoms with Gasteiger partial charge in [-0.05, 0) is 142 Å². The lowest BCUT2D eigenvalue weighted by atomic mass is 9.82. The minimum absolute atomic E-state index is 0.0477. The van der Waals surface area contributed by atoms with Gasteiger partial charge in [0.2, 0.25) is 0 Å². The minimum atomic E-state index is -6.16. The summed E-state index contributed by atoms with van der Waals surface area (Å²) in [6, 6.07) is 32.0. The first-order valence-corrected chi connectivity index (χ1v) is 30.3. The summed E-state index contributed by atoms with van der Waals surface area (Å²) in [6.45, 7) is 12.8. The van der Waals surface area contributed by atoms with Gasteiger partial charge in [-0.15, -0.1) is 0 Å². The van der Waals surface area contributed by atoms with E-state index in [2.05, 4.69) is 76.7 Å². The third-order valence-electron chi connectivity index (χ3n) is 16.3. The molecule has 0 fully saturated rings. The number of pyridine rings is 1. The minimum Gasteiger partial charge on any atom is -0.458 e. The molecule has 1 aliphatic rings. The lowest BCUT2D eigenvalue weighted by Gasteiger charge is -2.34. The van der Waals surface area contributed by atoms with E-state index in [1.54, 1.807) is 18.2 Å². The second-order valence-electron chi connectivity index (χ2n) is 23.5. The maximum absolute atomic E-state index is 10.7. The quantitative estimate of drug-likeness (QED) is 0.0625. The summed E-state index contributed by atoms with van der Waals surface area (Å²) < 4.78 is 193. The smallest absolute Gasteiger partial charge is 0.269 e. The van der Waals surface area contributed by atoms with Crippen molar-refractivity contribution in [3.63, 3.8) is 0 Å². The highest BCUT2D eigenvalue weighted by atomic mass is 28.3. The first kappa shape index (κ1) is 35.9. The average molecular weight is 1140 g/mol. The van der Waals surface area contributed by atoms with Crippen molar-refractivity contribution >= 4 is 61.7 Å². The van der Waals surface area contributed by atoms with Crippen molar-refractivity contribution in [2.24, 2.45) is 0 Å². The van der Waals surface area contributed by atoms with E-state index in [4.69, 9.17) is 22.1 Å². The van der Waals surface area contributed by atoms with Gasteiger partial charge in [0, 0.05) is 23.0 Å². The predicted molar refractivity (Wildman–Crippen MR) is 359 cm³/mol. The van der Waals surface area contributed by atoms with E-state index in [0.717, 1.165) is 66.5 Å². The van der Waals surface area contributed by atoms with E-state index in [0.29, 0.717) is 39.6 Å². The number of hydrogen-bond acceptors (Lipinski definition) is 2. The zero-order valence-electron chi connectivity index (χ0n) is 66.8. The molecule has 5 nitrogen and oxygen atoms in total. The van der Waals surface area contributed by atoms with Gasteiger partial charge in [0.15, 0.2) is 8.07 Å². The molecule has 14 aromatic rings. The first-order valence-electron chi connectivity index (χ1n) is 37.8. The maximum atomic E-state index is 10.7. The molecule has 3 aromatic heterocycles. The number of ether oxygens (including phenoxy) is 1. The molecule has 4 heterocycles. The van der Waals surface area contributed by atoms with Crippen LogP contribution in [-0.2, 0) is 10.8 Å².